The van der Waals surface area contributed by atoms with Gasteiger partial charge < -0.3 is 9.88 Å². The van der Waals surface area contributed by atoms with E-state index in [2.05, 4.69) is 83.7 Å². The van der Waals surface area contributed by atoms with Crippen molar-refractivity contribution in [2.24, 2.45) is 0 Å². The van der Waals surface area contributed by atoms with Crippen LogP contribution in [0.4, 0.5) is 5.69 Å². The Hall–Kier alpha value is -3.33. The summed E-state index contributed by atoms with van der Waals surface area (Å²) in [5, 5.41) is 1.18. The lowest BCUT2D eigenvalue weighted by Crippen LogP contribution is -2.38. The number of carbonyl (C=O) groups is 1. The van der Waals surface area contributed by atoms with Gasteiger partial charge in [-0.05, 0) is 29.7 Å². The Kier molecular flexibility index (Phi) is 6.30. The van der Waals surface area contributed by atoms with Crippen molar-refractivity contribution in [2.45, 2.75) is 57.9 Å². The van der Waals surface area contributed by atoms with E-state index in [9.17, 15) is 4.79 Å². The van der Waals surface area contributed by atoms with Gasteiger partial charge in [0.15, 0.2) is 0 Å². The smallest absolute Gasteiger partial charge is 0.227 e. The van der Waals surface area contributed by atoms with E-state index < -0.39 is 0 Å². The second-order valence-electron chi connectivity index (χ2n) is 9.08. The van der Waals surface area contributed by atoms with Gasteiger partial charge in [0.25, 0.3) is 0 Å². The van der Waals surface area contributed by atoms with Crippen LogP contribution in [0.15, 0.2) is 79.0 Å². The molecule has 1 atom stereocenters. The van der Waals surface area contributed by atoms with Crippen LogP contribution in [0.3, 0.4) is 0 Å². The van der Waals surface area contributed by atoms with Gasteiger partial charge in [0, 0.05) is 34.6 Å². The van der Waals surface area contributed by atoms with Crippen molar-refractivity contribution in [1.29, 1.82) is 0 Å². The Balaban J connectivity index is 1.55. The number of nitrogens with zero attached hydrogens (tertiary/aromatic N) is 1. The maximum atomic E-state index is 13.8. The summed E-state index contributed by atoms with van der Waals surface area (Å²) >= 11 is 0. The molecule has 1 amide bonds. The summed E-state index contributed by atoms with van der Waals surface area (Å²) in [4.78, 5) is 19.3. The minimum Gasteiger partial charge on any atom is -0.361 e. The van der Waals surface area contributed by atoms with E-state index in [0.29, 0.717) is 6.42 Å². The number of para-hydroxylation sites is 2. The third-order valence-corrected chi connectivity index (χ3v) is 6.90. The SMILES string of the molecule is CCCCCCCCC(=O)N1c2ccccc2-c2ccccc2C1c1c[nH]c2ccccc12. The fourth-order valence-corrected chi connectivity index (χ4v) is 5.25. The molecule has 4 aromatic rings. The molecule has 1 aromatic heterocycles. The second-order valence-corrected chi connectivity index (χ2v) is 9.08. The van der Waals surface area contributed by atoms with Crippen molar-refractivity contribution in [3.05, 3.63) is 90.1 Å². The first kappa shape index (κ1) is 21.5. The maximum absolute atomic E-state index is 13.8. The van der Waals surface area contributed by atoms with Crippen LogP contribution >= 0.6 is 0 Å². The predicted octanol–water partition coefficient (Wildman–Crippen LogP) is 8.02. The van der Waals surface area contributed by atoms with Crippen molar-refractivity contribution in [3.8, 4) is 11.1 Å². The lowest BCUT2D eigenvalue weighted by atomic mass is 9.84. The fraction of sp³-hybridized carbons (Fsp3) is 0.300. The van der Waals surface area contributed by atoms with E-state index >= 15 is 0 Å². The second kappa shape index (κ2) is 9.66. The van der Waals surface area contributed by atoms with Gasteiger partial charge in [-0.1, -0.05) is 99.7 Å². The number of H-pyrrole nitrogens is 1. The summed E-state index contributed by atoms with van der Waals surface area (Å²) in [6, 6.07) is 25.2. The van der Waals surface area contributed by atoms with Crippen LogP contribution in [0.2, 0.25) is 0 Å². The summed E-state index contributed by atoms with van der Waals surface area (Å²) in [5.41, 5.74) is 6.82. The molecule has 3 aromatic carbocycles. The molecule has 0 saturated heterocycles. The third kappa shape index (κ3) is 4.08. The van der Waals surface area contributed by atoms with E-state index in [0.717, 1.165) is 35.2 Å². The number of carbonyl (C=O) groups excluding carboxylic acids is 1. The minimum absolute atomic E-state index is 0.139. The Morgan fingerprint density at radius 1 is 0.788 bits per heavy atom. The first-order valence-electron chi connectivity index (χ1n) is 12.4. The van der Waals surface area contributed by atoms with Gasteiger partial charge in [-0.25, -0.2) is 0 Å². The molecular weight excluding hydrogens is 404 g/mol. The van der Waals surface area contributed by atoms with Crippen LogP contribution in [-0.2, 0) is 4.79 Å². The maximum Gasteiger partial charge on any atom is 0.227 e. The molecule has 0 bridgehead atoms. The van der Waals surface area contributed by atoms with Crippen molar-refractivity contribution < 1.29 is 4.79 Å². The molecule has 1 N–H and O–H groups in total. The van der Waals surface area contributed by atoms with Crippen molar-refractivity contribution >= 4 is 22.5 Å². The highest BCUT2D eigenvalue weighted by atomic mass is 16.2. The monoisotopic (exact) mass is 436 g/mol. The molecule has 0 spiro atoms. The lowest BCUT2D eigenvalue weighted by Gasteiger charge is -2.39. The van der Waals surface area contributed by atoms with Gasteiger partial charge in [-0.2, -0.15) is 0 Å². The Labute approximate surface area is 196 Å². The lowest BCUT2D eigenvalue weighted by molar-refractivity contribution is -0.119. The number of anilines is 1. The molecule has 0 saturated carbocycles. The van der Waals surface area contributed by atoms with E-state index in [1.165, 1.54) is 42.2 Å². The van der Waals surface area contributed by atoms with Crippen LogP contribution in [0.1, 0.15) is 69.0 Å². The Morgan fingerprint density at radius 2 is 1.48 bits per heavy atom. The summed E-state index contributed by atoms with van der Waals surface area (Å²) in [6.07, 6.45) is 9.75. The molecule has 3 heteroatoms. The Bertz CT molecular complexity index is 1250. The number of aromatic amines is 1. The third-order valence-electron chi connectivity index (χ3n) is 6.90. The first-order valence-corrected chi connectivity index (χ1v) is 12.4. The first-order chi connectivity index (χ1) is 16.3. The van der Waals surface area contributed by atoms with E-state index in [1.807, 2.05) is 12.1 Å². The number of amides is 1. The molecule has 0 fully saturated rings. The number of hydrogen-bond donors (Lipinski definition) is 1. The summed E-state index contributed by atoms with van der Waals surface area (Å²) in [7, 11) is 0. The predicted molar refractivity (Wildman–Crippen MR) is 137 cm³/mol. The zero-order chi connectivity index (χ0) is 22.6. The molecule has 5 rings (SSSR count). The van der Waals surface area contributed by atoms with Crippen molar-refractivity contribution in [2.75, 3.05) is 4.90 Å². The van der Waals surface area contributed by atoms with Crippen LogP contribution < -0.4 is 4.90 Å². The van der Waals surface area contributed by atoms with Crippen molar-refractivity contribution in [3.63, 3.8) is 0 Å². The average Bonchev–Trinajstić information content (AvgIpc) is 3.29. The van der Waals surface area contributed by atoms with Gasteiger partial charge in [0.05, 0.1) is 11.7 Å². The van der Waals surface area contributed by atoms with Gasteiger partial charge in [0.1, 0.15) is 0 Å². The van der Waals surface area contributed by atoms with Crippen LogP contribution in [0.25, 0.3) is 22.0 Å². The molecular formula is C30H32N2O. The van der Waals surface area contributed by atoms with E-state index in [1.54, 1.807) is 0 Å². The van der Waals surface area contributed by atoms with E-state index in [4.69, 9.17) is 0 Å². The molecule has 1 aliphatic rings. The van der Waals surface area contributed by atoms with Crippen LogP contribution in [0, 0.1) is 0 Å². The van der Waals surface area contributed by atoms with Crippen LogP contribution in [-0.4, -0.2) is 10.9 Å². The number of rotatable bonds is 8. The van der Waals surface area contributed by atoms with Gasteiger partial charge in [-0.15, -0.1) is 0 Å². The summed E-state index contributed by atoms with van der Waals surface area (Å²) < 4.78 is 0. The molecule has 2 heterocycles. The van der Waals surface area contributed by atoms with Gasteiger partial charge >= 0.3 is 0 Å². The highest BCUT2D eigenvalue weighted by Gasteiger charge is 2.36. The quantitative estimate of drug-likeness (QED) is 0.279. The highest BCUT2D eigenvalue weighted by molar-refractivity contribution is 6.03. The standard InChI is InChI=1S/C30H32N2O/c1-2-3-4-5-6-7-20-29(33)32-28-19-13-11-16-24(28)22-14-8-9-17-25(22)30(32)26-21-31-27-18-12-10-15-23(26)27/h8-19,21,30-31H,2-7,20H2,1H3. The zero-order valence-electron chi connectivity index (χ0n) is 19.4. The number of aromatic nitrogens is 1. The van der Waals surface area contributed by atoms with Crippen molar-refractivity contribution in [1.82, 2.24) is 4.98 Å². The molecule has 168 valence electrons. The minimum atomic E-state index is -0.139. The summed E-state index contributed by atoms with van der Waals surface area (Å²) in [5.74, 6) is 0.211. The molecule has 1 aliphatic heterocycles. The number of unbranched alkanes of at least 4 members (excludes halogenated alkanes) is 5. The van der Waals surface area contributed by atoms with E-state index in [-0.39, 0.29) is 11.9 Å². The normalized spacial score (nSPS) is 14.8. The molecule has 1 unspecified atom stereocenters. The zero-order valence-corrected chi connectivity index (χ0v) is 19.4. The topological polar surface area (TPSA) is 36.1 Å². The average molecular weight is 437 g/mol. The van der Waals surface area contributed by atoms with Gasteiger partial charge in [0.2, 0.25) is 5.91 Å². The number of fused-ring (bicyclic) bond motifs is 4. The fourth-order valence-electron chi connectivity index (χ4n) is 5.25. The Morgan fingerprint density at radius 3 is 2.36 bits per heavy atom. The largest absolute Gasteiger partial charge is 0.361 e. The number of hydrogen-bond acceptors (Lipinski definition) is 1. The molecule has 0 radical (unpaired) electrons. The number of benzene rings is 3. The highest BCUT2D eigenvalue weighted by Crippen LogP contribution is 2.48. The molecule has 33 heavy (non-hydrogen) atoms. The molecule has 3 nitrogen and oxygen atoms in total. The number of nitrogens with one attached hydrogen (secondary N) is 1. The summed E-state index contributed by atoms with van der Waals surface area (Å²) in [6.45, 7) is 2.24. The molecule has 0 aliphatic carbocycles. The van der Waals surface area contributed by atoms with Gasteiger partial charge in [-0.3, -0.25) is 4.79 Å². The van der Waals surface area contributed by atoms with Crippen LogP contribution in [0.5, 0.6) is 0 Å².